The lowest BCUT2D eigenvalue weighted by atomic mass is 10.1. The predicted molar refractivity (Wildman–Crippen MR) is 49.7 cm³/mol. The van der Waals surface area contributed by atoms with Gasteiger partial charge in [0.25, 0.3) is 0 Å². The number of Topliss-reactive ketones (excluding diaryl/α,β-unsaturated/α-hetero) is 1. The number of carbonyl (C=O) groups excluding carboxylic acids is 1. The molecule has 0 radical (unpaired) electrons. The van der Waals surface area contributed by atoms with Crippen LogP contribution in [0.15, 0.2) is 18.2 Å². The number of nitrogens with zero attached hydrogens (tertiary/aromatic N) is 1. The molecule has 0 atom stereocenters. The Balaban J connectivity index is 3.34. The lowest BCUT2D eigenvalue weighted by molar-refractivity contribution is -0.386. The van der Waals surface area contributed by atoms with E-state index in [1.807, 2.05) is 0 Å². The van der Waals surface area contributed by atoms with Crippen LogP contribution in [0, 0.1) is 10.1 Å². The Morgan fingerprint density at radius 2 is 2.27 bits per heavy atom. The van der Waals surface area contributed by atoms with Crippen molar-refractivity contribution in [2.75, 3.05) is 6.86 Å². The van der Waals surface area contributed by atoms with Gasteiger partial charge in [-0.25, -0.2) is 4.39 Å². The molecule has 0 saturated carbocycles. The number of benzene rings is 1. The van der Waals surface area contributed by atoms with Crippen molar-refractivity contribution in [1.82, 2.24) is 0 Å². The first kappa shape index (κ1) is 11.1. The van der Waals surface area contributed by atoms with Crippen molar-refractivity contribution in [2.45, 2.75) is 6.92 Å². The fraction of sp³-hybridized carbons (Fsp3) is 0.222. The minimum Gasteiger partial charge on any atom is -0.455 e. The van der Waals surface area contributed by atoms with Gasteiger partial charge in [0, 0.05) is 6.07 Å². The lowest BCUT2D eigenvalue weighted by Crippen LogP contribution is -2.03. The van der Waals surface area contributed by atoms with Crippen molar-refractivity contribution in [3.8, 4) is 5.75 Å². The van der Waals surface area contributed by atoms with Gasteiger partial charge in [-0.1, -0.05) is 6.07 Å². The van der Waals surface area contributed by atoms with E-state index in [-0.39, 0.29) is 11.3 Å². The van der Waals surface area contributed by atoms with E-state index in [0.717, 1.165) is 6.07 Å². The summed E-state index contributed by atoms with van der Waals surface area (Å²) in [5.41, 5.74) is -0.415. The van der Waals surface area contributed by atoms with Gasteiger partial charge in [-0.05, 0) is 13.0 Å². The van der Waals surface area contributed by atoms with Crippen molar-refractivity contribution in [2.24, 2.45) is 0 Å². The number of ether oxygens (including phenoxy) is 1. The third-order valence-corrected chi connectivity index (χ3v) is 1.77. The summed E-state index contributed by atoms with van der Waals surface area (Å²) in [6, 6.07) is 3.84. The monoisotopic (exact) mass is 213 g/mol. The molecule has 1 aromatic carbocycles. The Morgan fingerprint density at radius 1 is 1.60 bits per heavy atom. The van der Waals surface area contributed by atoms with E-state index in [9.17, 15) is 19.3 Å². The van der Waals surface area contributed by atoms with Crippen LogP contribution >= 0.6 is 0 Å². The van der Waals surface area contributed by atoms with Crippen molar-refractivity contribution in [1.29, 1.82) is 0 Å². The van der Waals surface area contributed by atoms with Gasteiger partial charge in [-0.3, -0.25) is 14.9 Å². The molecule has 15 heavy (non-hydrogen) atoms. The van der Waals surface area contributed by atoms with E-state index in [2.05, 4.69) is 4.74 Å². The molecule has 80 valence electrons. The summed E-state index contributed by atoms with van der Waals surface area (Å²) in [5, 5.41) is 10.6. The van der Waals surface area contributed by atoms with Crippen LogP contribution in [0.5, 0.6) is 5.75 Å². The summed E-state index contributed by atoms with van der Waals surface area (Å²) in [4.78, 5) is 20.9. The largest absolute Gasteiger partial charge is 0.455 e. The molecule has 6 heteroatoms. The first-order valence-corrected chi connectivity index (χ1v) is 4.05. The van der Waals surface area contributed by atoms with E-state index in [1.165, 1.54) is 19.1 Å². The third-order valence-electron chi connectivity index (χ3n) is 1.77. The molecule has 5 nitrogen and oxygen atoms in total. The fourth-order valence-electron chi connectivity index (χ4n) is 1.15. The van der Waals surface area contributed by atoms with E-state index < -0.39 is 23.3 Å². The normalized spacial score (nSPS) is 9.73. The second-order valence-corrected chi connectivity index (χ2v) is 2.72. The molecule has 0 heterocycles. The Labute approximate surface area is 84.6 Å². The van der Waals surface area contributed by atoms with Crippen molar-refractivity contribution < 1.29 is 18.8 Å². The second-order valence-electron chi connectivity index (χ2n) is 2.72. The summed E-state index contributed by atoms with van der Waals surface area (Å²) in [5.74, 6) is -0.736. The molecule has 0 unspecified atom stereocenters. The molecule has 0 N–H and O–H groups in total. The number of halogens is 1. The number of alkyl halides is 1. The molecule has 0 aliphatic rings. The number of hydrogen-bond donors (Lipinski definition) is 0. The smallest absolute Gasteiger partial charge is 0.311 e. The Morgan fingerprint density at radius 3 is 2.73 bits per heavy atom. The van der Waals surface area contributed by atoms with Gasteiger partial charge in [0.05, 0.1) is 10.5 Å². The molecule has 0 fully saturated rings. The van der Waals surface area contributed by atoms with Gasteiger partial charge in [0.15, 0.2) is 5.78 Å². The van der Waals surface area contributed by atoms with Crippen LogP contribution in [0.2, 0.25) is 0 Å². The van der Waals surface area contributed by atoms with Crippen molar-refractivity contribution in [3.05, 3.63) is 33.9 Å². The van der Waals surface area contributed by atoms with Gasteiger partial charge < -0.3 is 4.74 Å². The lowest BCUT2D eigenvalue weighted by Gasteiger charge is -2.06. The number of hydrogen-bond acceptors (Lipinski definition) is 4. The zero-order valence-corrected chi connectivity index (χ0v) is 7.90. The Hall–Kier alpha value is -1.98. The molecule has 0 aliphatic carbocycles. The molecular weight excluding hydrogens is 205 g/mol. The minimum absolute atomic E-state index is 0.00171. The number of nitro groups is 1. The zero-order chi connectivity index (χ0) is 11.4. The SMILES string of the molecule is CC(=O)c1cccc([N+](=O)[O-])c1OCF. The van der Waals surface area contributed by atoms with Gasteiger partial charge in [-0.2, -0.15) is 0 Å². The van der Waals surface area contributed by atoms with Gasteiger partial charge in [0.2, 0.25) is 12.6 Å². The number of ketones is 1. The molecule has 0 aliphatic heterocycles. The summed E-state index contributed by atoms with van der Waals surface area (Å²) in [6.07, 6.45) is 0. The van der Waals surface area contributed by atoms with E-state index in [4.69, 9.17) is 0 Å². The van der Waals surface area contributed by atoms with Gasteiger partial charge >= 0.3 is 5.69 Å². The average Bonchev–Trinajstić information content (AvgIpc) is 2.17. The van der Waals surface area contributed by atoms with Crippen LogP contribution < -0.4 is 4.74 Å². The van der Waals surface area contributed by atoms with Gasteiger partial charge in [-0.15, -0.1) is 0 Å². The number of carbonyl (C=O) groups is 1. The molecule has 0 aromatic heterocycles. The summed E-state index contributed by atoms with van der Waals surface area (Å²) in [7, 11) is 0. The van der Waals surface area contributed by atoms with E-state index >= 15 is 0 Å². The quantitative estimate of drug-likeness (QED) is 0.436. The van der Waals surface area contributed by atoms with Crippen LogP contribution in [-0.4, -0.2) is 17.6 Å². The molecule has 1 rings (SSSR count). The molecule has 0 spiro atoms. The second kappa shape index (κ2) is 4.50. The molecule has 0 saturated heterocycles. The fourth-order valence-corrected chi connectivity index (χ4v) is 1.15. The van der Waals surface area contributed by atoms with Crippen LogP contribution in [0.25, 0.3) is 0 Å². The first-order valence-electron chi connectivity index (χ1n) is 4.05. The average molecular weight is 213 g/mol. The first-order chi connectivity index (χ1) is 7.07. The van der Waals surface area contributed by atoms with Crippen LogP contribution in [0.1, 0.15) is 17.3 Å². The highest BCUT2D eigenvalue weighted by Crippen LogP contribution is 2.31. The maximum atomic E-state index is 12.0. The van der Waals surface area contributed by atoms with Crippen LogP contribution in [-0.2, 0) is 0 Å². The highest BCUT2D eigenvalue weighted by atomic mass is 19.1. The predicted octanol–water partition coefficient (Wildman–Crippen LogP) is 2.10. The maximum Gasteiger partial charge on any atom is 0.311 e. The zero-order valence-electron chi connectivity index (χ0n) is 7.90. The highest BCUT2D eigenvalue weighted by molar-refractivity contribution is 5.98. The highest BCUT2D eigenvalue weighted by Gasteiger charge is 2.21. The van der Waals surface area contributed by atoms with Gasteiger partial charge in [0.1, 0.15) is 0 Å². The number of nitro benzene ring substituents is 1. The summed E-state index contributed by atoms with van der Waals surface area (Å²) >= 11 is 0. The van der Waals surface area contributed by atoms with E-state index in [0.29, 0.717) is 0 Å². The third kappa shape index (κ3) is 2.28. The van der Waals surface area contributed by atoms with Crippen molar-refractivity contribution >= 4 is 11.5 Å². The molecular formula is C9H8FNO4. The summed E-state index contributed by atoms with van der Waals surface area (Å²) in [6.45, 7) is 0.00921. The standard InChI is InChI=1S/C9H8FNO4/c1-6(12)7-3-2-4-8(11(13)14)9(7)15-5-10/h2-4H,5H2,1H3. The van der Waals surface area contributed by atoms with Crippen molar-refractivity contribution in [3.63, 3.8) is 0 Å². The molecule has 0 bridgehead atoms. The summed E-state index contributed by atoms with van der Waals surface area (Å²) < 4.78 is 16.5. The maximum absolute atomic E-state index is 12.0. The number of rotatable bonds is 4. The topological polar surface area (TPSA) is 69.4 Å². The number of para-hydroxylation sites is 1. The Bertz CT molecular complexity index is 373. The Kier molecular flexibility index (Phi) is 3.33. The van der Waals surface area contributed by atoms with E-state index in [1.54, 1.807) is 0 Å². The van der Waals surface area contributed by atoms with Crippen LogP contribution in [0.4, 0.5) is 10.1 Å². The molecule has 1 aromatic rings. The van der Waals surface area contributed by atoms with Crippen LogP contribution in [0.3, 0.4) is 0 Å². The molecule has 0 amide bonds. The minimum atomic E-state index is -1.22.